The normalized spacial score (nSPS) is 27.7. The first kappa shape index (κ1) is 7.05. The zero-order chi connectivity index (χ0) is 7.56. The minimum Gasteiger partial charge on any atom is -0.350 e. The second-order valence-corrected chi connectivity index (χ2v) is 2.52. The molecule has 10 heavy (non-hydrogen) atoms. The molecule has 0 aliphatic heterocycles. The quantitative estimate of drug-likeness (QED) is 0.511. The number of urea groups is 1. The van der Waals surface area contributed by atoms with Gasteiger partial charge in [0.05, 0.1) is 0 Å². The van der Waals surface area contributed by atoms with E-state index >= 15 is 0 Å². The zero-order valence-corrected chi connectivity index (χ0v) is 5.92. The highest BCUT2D eigenvalue weighted by atomic mass is 16.2. The maximum absolute atomic E-state index is 10.2. The van der Waals surface area contributed by atoms with E-state index in [1.54, 1.807) is 0 Å². The van der Waals surface area contributed by atoms with Gasteiger partial charge in [0.25, 0.3) is 0 Å². The first-order chi connectivity index (χ1) is 4.70. The molecule has 1 aliphatic carbocycles. The van der Waals surface area contributed by atoms with Crippen molar-refractivity contribution in [1.82, 2.24) is 5.43 Å². The molecule has 4 heteroatoms. The van der Waals surface area contributed by atoms with E-state index in [9.17, 15) is 4.79 Å². The SMILES string of the molecule is CC1CC/C1=N/NC(N)=O. The molecule has 0 aromatic heterocycles. The van der Waals surface area contributed by atoms with Crippen LogP contribution in [0.3, 0.4) is 0 Å². The van der Waals surface area contributed by atoms with Crippen LogP contribution in [0.2, 0.25) is 0 Å². The first-order valence-electron chi connectivity index (χ1n) is 3.32. The molecule has 0 aromatic carbocycles. The average molecular weight is 141 g/mol. The van der Waals surface area contributed by atoms with Gasteiger partial charge in [-0.1, -0.05) is 6.92 Å². The summed E-state index contributed by atoms with van der Waals surface area (Å²) in [6, 6.07) is -0.591. The molecule has 1 aliphatic rings. The van der Waals surface area contributed by atoms with Crippen LogP contribution >= 0.6 is 0 Å². The van der Waals surface area contributed by atoms with E-state index in [4.69, 9.17) is 5.73 Å². The van der Waals surface area contributed by atoms with Crippen LogP contribution in [0.25, 0.3) is 0 Å². The van der Waals surface area contributed by atoms with Gasteiger partial charge in [0.2, 0.25) is 0 Å². The van der Waals surface area contributed by atoms with Gasteiger partial charge in [0, 0.05) is 5.71 Å². The second kappa shape index (κ2) is 2.68. The Bertz CT molecular complexity index is 176. The summed E-state index contributed by atoms with van der Waals surface area (Å²) in [5, 5.41) is 3.80. The number of nitrogens with zero attached hydrogens (tertiary/aromatic N) is 1. The van der Waals surface area contributed by atoms with E-state index in [0.717, 1.165) is 12.1 Å². The monoisotopic (exact) mass is 141 g/mol. The summed E-state index contributed by atoms with van der Waals surface area (Å²) >= 11 is 0. The molecular weight excluding hydrogens is 130 g/mol. The number of nitrogens with two attached hydrogens (primary N) is 1. The van der Waals surface area contributed by atoms with E-state index in [2.05, 4.69) is 17.5 Å². The second-order valence-electron chi connectivity index (χ2n) is 2.52. The van der Waals surface area contributed by atoms with Crippen LogP contribution in [0.4, 0.5) is 4.79 Å². The molecule has 2 amide bonds. The van der Waals surface area contributed by atoms with E-state index < -0.39 is 6.03 Å². The van der Waals surface area contributed by atoms with E-state index in [0.29, 0.717) is 5.92 Å². The fourth-order valence-corrected chi connectivity index (χ4v) is 0.855. The topological polar surface area (TPSA) is 67.5 Å². The first-order valence-corrected chi connectivity index (χ1v) is 3.32. The minimum absolute atomic E-state index is 0.520. The number of nitrogens with one attached hydrogen (secondary N) is 1. The highest BCUT2D eigenvalue weighted by molar-refractivity contribution is 5.92. The maximum Gasteiger partial charge on any atom is 0.332 e. The van der Waals surface area contributed by atoms with Gasteiger partial charge >= 0.3 is 6.03 Å². The molecule has 4 nitrogen and oxygen atoms in total. The lowest BCUT2D eigenvalue weighted by atomic mass is 9.85. The lowest BCUT2D eigenvalue weighted by Gasteiger charge is -2.23. The molecule has 0 radical (unpaired) electrons. The Morgan fingerprint density at radius 3 is 2.90 bits per heavy atom. The highest BCUT2D eigenvalue weighted by Gasteiger charge is 2.20. The fourth-order valence-electron chi connectivity index (χ4n) is 0.855. The van der Waals surface area contributed by atoms with Gasteiger partial charge in [0.1, 0.15) is 0 Å². The Balaban J connectivity index is 2.33. The van der Waals surface area contributed by atoms with Crippen LogP contribution in [0.5, 0.6) is 0 Å². The third-order valence-electron chi connectivity index (χ3n) is 1.71. The zero-order valence-electron chi connectivity index (χ0n) is 5.92. The number of carbonyl (C=O) groups is 1. The van der Waals surface area contributed by atoms with Crippen LogP contribution in [-0.2, 0) is 0 Å². The van der Waals surface area contributed by atoms with Crippen molar-refractivity contribution in [1.29, 1.82) is 0 Å². The lowest BCUT2D eigenvalue weighted by Crippen LogP contribution is -2.30. The largest absolute Gasteiger partial charge is 0.350 e. The molecular formula is C6H11N3O. The summed E-state index contributed by atoms with van der Waals surface area (Å²) in [6.07, 6.45) is 2.15. The van der Waals surface area contributed by atoms with Crippen molar-refractivity contribution in [2.24, 2.45) is 16.8 Å². The van der Waals surface area contributed by atoms with Gasteiger partial charge < -0.3 is 5.73 Å². The predicted molar refractivity (Wildman–Crippen MR) is 38.6 cm³/mol. The smallest absolute Gasteiger partial charge is 0.332 e. The average Bonchev–Trinajstić information content (AvgIpc) is 1.84. The standard InChI is InChI=1S/C6H11N3O/c1-4-2-3-5(4)8-9-6(7)10/h4H,2-3H2,1H3,(H3,7,9,10)/b8-5-. The third kappa shape index (κ3) is 1.46. The number of hydrogen-bond acceptors (Lipinski definition) is 2. The Morgan fingerprint density at radius 1 is 1.90 bits per heavy atom. The third-order valence-corrected chi connectivity index (χ3v) is 1.71. The maximum atomic E-state index is 10.2. The van der Waals surface area contributed by atoms with Gasteiger partial charge in [-0.3, -0.25) is 0 Å². The summed E-state index contributed by atoms with van der Waals surface area (Å²) in [7, 11) is 0. The van der Waals surface area contributed by atoms with E-state index in [1.165, 1.54) is 6.42 Å². The molecule has 0 spiro atoms. The molecule has 0 heterocycles. The van der Waals surface area contributed by atoms with E-state index in [1.807, 2.05) is 0 Å². The number of primary amides is 1. The van der Waals surface area contributed by atoms with Crippen LogP contribution < -0.4 is 11.2 Å². The molecule has 0 bridgehead atoms. The van der Waals surface area contributed by atoms with Gasteiger partial charge in [-0.2, -0.15) is 5.10 Å². The summed E-state index contributed by atoms with van der Waals surface area (Å²) in [6.45, 7) is 2.07. The molecule has 56 valence electrons. The fraction of sp³-hybridized carbons (Fsp3) is 0.667. The van der Waals surface area contributed by atoms with Crippen LogP contribution in [0, 0.1) is 5.92 Å². The Morgan fingerprint density at radius 2 is 2.60 bits per heavy atom. The molecule has 1 fully saturated rings. The van der Waals surface area contributed by atoms with Gasteiger partial charge in [0.15, 0.2) is 0 Å². The summed E-state index contributed by atoms with van der Waals surface area (Å²) in [5.74, 6) is 0.520. The molecule has 0 saturated heterocycles. The Kier molecular flexibility index (Phi) is 1.89. The number of amides is 2. The van der Waals surface area contributed by atoms with Crippen LogP contribution in [0.15, 0.2) is 5.10 Å². The molecule has 0 aromatic rings. The molecule has 1 unspecified atom stereocenters. The van der Waals surface area contributed by atoms with Crippen molar-refractivity contribution in [3.8, 4) is 0 Å². The van der Waals surface area contributed by atoms with Gasteiger partial charge in [-0.15, -0.1) is 0 Å². The highest BCUT2D eigenvalue weighted by Crippen LogP contribution is 2.22. The summed E-state index contributed by atoms with van der Waals surface area (Å²) in [4.78, 5) is 10.2. The van der Waals surface area contributed by atoms with E-state index in [-0.39, 0.29) is 0 Å². The Labute approximate surface area is 59.5 Å². The van der Waals surface area contributed by atoms with Gasteiger partial charge in [-0.05, 0) is 18.8 Å². The van der Waals surface area contributed by atoms with Crippen molar-refractivity contribution >= 4 is 11.7 Å². The van der Waals surface area contributed by atoms with Crippen molar-refractivity contribution in [3.63, 3.8) is 0 Å². The summed E-state index contributed by atoms with van der Waals surface area (Å²) < 4.78 is 0. The number of carbonyl (C=O) groups excluding carboxylic acids is 1. The van der Waals surface area contributed by atoms with Crippen molar-refractivity contribution in [3.05, 3.63) is 0 Å². The number of hydrogen-bond donors (Lipinski definition) is 2. The van der Waals surface area contributed by atoms with Gasteiger partial charge in [-0.25, -0.2) is 10.2 Å². The number of rotatable bonds is 1. The molecule has 1 atom stereocenters. The number of hydrazone groups is 1. The van der Waals surface area contributed by atoms with Crippen LogP contribution in [-0.4, -0.2) is 11.7 Å². The van der Waals surface area contributed by atoms with Crippen molar-refractivity contribution in [2.45, 2.75) is 19.8 Å². The summed E-state index contributed by atoms with van der Waals surface area (Å²) in [5.41, 5.74) is 8.05. The lowest BCUT2D eigenvalue weighted by molar-refractivity contribution is 0.249. The van der Waals surface area contributed by atoms with Crippen molar-refractivity contribution < 1.29 is 4.79 Å². The Hall–Kier alpha value is -1.06. The molecule has 1 rings (SSSR count). The molecule has 1 saturated carbocycles. The predicted octanol–water partition coefficient (Wildman–Crippen LogP) is 0.441. The van der Waals surface area contributed by atoms with Crippen molar-refractivity contribution in [2.75, 3.05) is 0 Å². The van der Waals surface area contributed by atoms with Crippen LogP contribution in [0.1, 0.15) is 19.8 Å². The molecule has 3 N–H and O–H groups in total. The minimum atomic E-state index is -0.591.